The first-order chi connectivity index (χ1) is 12.7. The Hall–Kier alpha value is -1.23. The minimum atomic E-state index is -0.118. The van der Waals surface area contributed by atoms with Crippen molar-refractivity contribution in [1.29, 1.82) is 0 Å². The maximum Gasteiger partial charge on any atom is 0.0813 e. The zero-order valence-corrected chi connectivity index (χ0v) is 18.6. The fraction of sp³-hybridized carbons (Fsp3) is 0.609. The molecule has 0 saturated carbocycles. The molecular formula is C23H39NO2S. The molecule has 0 bridgehead atoms. The smallest absolute Gasteiger partial charge is 0.0813 e. The third-order valence-electron chi connectivity index (χ3n) is 4.20. The Labute approximate surface area is 172 Å². The summed E-state index contributed by atoms with van der Waals surface area (Å²) in [6, 6.07) is -0.118. The molecule has 0 fully saturated rings. The number of ether oxygens (including phenoxy) is 1. The maximum atomic E-state index is 9.47. The van der Waals surface area contributed by atoms with Gasteiger partial charge < -0.3 is 15.2 Å². The molecule has 154 valence electrons. The molecule has 0 aliphatic carbocycles. The lowest BCUT2D eigenvalue weighted by molar-refractivity contribution is 0.0981. The predicted molar refractivity (Wildman–Crippen MR) is 122 cm³/mol. The summed E-state index contributed by atoms with van der Waals surface area (Å²) in [4.78, 5) is 0.774. The highest BCUT2D eigenvalue weighted by molar-refractivity contribution is 7.80. The molecule has 0 heterocycles. The SMILES string of the molecule is C=CC[C@@H](CC/C(C)=C/C=C/CC/C=C\[C@H](CO)NC(=S)C(C)(C)C)OC. The van der Waals surface area contributed by atoms with Crippen LogP contribution in [0.5, 0.6) is 0 Å². The van der Waals surface area contributed by atoms with E-state index in [1.807, 2.05) is 12.2 Å². The van der Waals surface area contributed by atoms with Gasteiger partial charge in [0.1, 0.15) is 0 Å². The van der Waals surface area contributed by atoms with Crippen molar-refractivity contribution >= 4 is 17.2 Å². The van der Waals surface area contributed by atoms with Crippen LogP contribution in [0.1, 0.15) is 59.8 Å². The quantitative estimate of drug-likeness (QED) is 0.187. The molecule has 4 heteroatoms. The summed E-state index contributed by atoms with van der Waals surface area (Å²) in [5.41, 5.74) is 1.27. The molecule has 0 aromatic rings. The van der Waals surface area contributed by atoms with Crippen molar-refractivity contribution in [3.63, 3.8) is 0 Å². The molecule has 2 N–H and O–H groups in total. The van der Waals surface area contributed by atoms with Crippen molar-refractivity contribution in [2.24, 2.45) is 5.41 Å². The van der Waals surface area contributed by atoms with E-state index in [1.54, 1.807) is 7.11 Å². The van der Waals surface area contributed by atoms with E-state index in [-0.39, 0.29) is 24.2 Å². The standard InChI is InChI=1S/C23H39NO2S/c1-7-13-21(26-6)17-16-19(2)14-11-9-8-10-12-15-20(18-25)24-22(27)23(3,4)5/h7,9,11-12,14-15,20-21,25H,1,8,10,13,16-18H2,2-6H3,(H,24,27)/b11-9+,15-12-,19-14+/t20-,21+/m1/s1. The molecule has 0 spiro atoms. The summed E-state index contributed by atoms with van der Waals surface area (Å²) in [5.74, 6) is 0. The highest BCUT2D eigenvalue weighted by Gasteiger charge is 2.18. The fourth-order valence-electron chi connectivity index (χ4n) is 2.31. The number of rotatable bonds is 13. The Morgan fingerprint density at radius 2 is 1.93 bits per heavy atom. The number of aliphatic hydroxyl groups is 1. The third-order valence-corrected chi connectivity index (χ3v) is 4.93. The normalized spacial score (nSPS) is 15.3. The fourth-order valence-corrected chi connectivity index (χ4v) is 2.46. The van der Waals surface area contributed by atoms with Crippen LogP contribution in [-0.2, 0) is 4.74 Å². The number of allylic oxidation sites excluding steroid dienone is 5. The Bertz CT molecular complexity index is 515. The molecule has 0 saturated heterocycles. The topological polar surface area (TPSA) is 41.5 Å². The Morgan fingerprint density at radius 1 is 1.26 bits per heavy atom. The van der Waals surface area contributed by atoms with Crippen molar-refractivity contribution in [2.45, 2.75) is 71.9 Å². The number of hydrogen-bond donors (Lipinski definition) is 2. The van der Waals surface area contributed by atoms with Crippen LogP contribution >= 0.6 is 12.2 Å². The summed E-state index contributed by atoms with van der Waals surface area (Å²) in [7, 11) is 1.76. The Kier molecular flexibility index (Phi) is 14.1. The van der Waals surface area contributed by atoms with Gasteiger partial charge >= 0.3 is 0 Å². The number of unbranched alkanes of at least 4 members (excludes halogenated alkanes) is 1. The summed E-state index contributed by atoms with van der Waals surface area (Å²) < 4.78 is 5.43. The van der Waals surface area contributed by atoms with E-state index in [2.05, 4.69) is 63.9 Å². The average molecular weight is 394 g/mol. The first kappa shape index (κ1) is 25.8. The van der Waals surface area contributed by atoms with Crippen LogP contribution in [0.3, 0.4) is 0 Å². The third kappa shape index (κ3) is 13.6. The van der Waals surface area contributed by atoms with Gasteiger partial charge in [-0.1, -0.05) is 75.0 Å². The van der Waals surface area contributed by atoms with E-state index in [0.717, 1.165) is 37.1 Å². The number of aliphatic hydroxyl groups excluding tert-OH is 1. The van der Waals surface area contributed by atoms with Crippen LogP contribution < -0.4 is 5.32 Å². The van der Waals surface area contributed by atoms with E-state index >= 15 is 0 Å². The maximum absolute atomic E-state index is 9.47. The highest BCUT2D eigenvalue weighted by atomic mass is 32.1. The van der Waals surface area contributed by atoms with E-state index in [0.29, 0.717) is 0 Å². The van der Waals surface area contributed by atoms with Gasteiger partial charge in [-0.05, 0) is 39.0 Å². The van der Waals surface area contributed by atoms with Gasteiger partial charge in [-0.15, -0.1) is 6.58 Å². The molecule has 0 unspecified atom stereocenters. The molecular weight excluding hydrogens is 354 g/mol. The van der Waals surface area contributed by atoms with Crippen LogP contribution in [0.4, 0.5) is 0 Å². The molecule has 0 radical (unpaired) electrons. The number of nitrogens with one attached hydrogen (secondary N) is 1. The van der Waals surface area contributed by atoms with Gasteiger partial charge in [0.15, 0.2) is 0 Å². The van der Waals surface area contributed by atoms with Crippen LogP contribution in [0.15, 0.2) is 48.6 Å². The second-order valence-corrected chi connectivity index (χ2v) is 8.29. The average Bonchev–Trinajstić information content (AvgIpc) is 2.62. The monoisotopic (exact) mass is 393 g/mol. The van der Waals surface area contributed by atoms with Gasteiger partial charge in [0.2, 0.25) is 0 Å². The Morgan fingerprint density at radius 3 is 2.48 bits per heavy atom. The van der Waals surface area contributed by atoms with Crippen LogP contribution in [-0.4, -0.2) is 36.0 Å². The molecule has 27 heavy (non-hydrogen) atoms. The van der Waals surface area contributed by atoms with Gasteiger partial charge in [0, 0.05) is 12.5 Å². The summed E-state index contributed by atoms with van der Waals surface area (Å²) in [6.07, 6.45) is 17.6. The van der Waals surface area contributed by atoms with Gasteiger partial charge in [-0.3, -0.25) is 0 Å². The lowest BCUT2D eigenvalue weighted by Gasteiger charge is -2.24. The predicted octanol–water partition coefficient (Wildman–Crippen LogP) is 5.52. The van der Waals surface area contributed by atoms with Crippen LogP contribution in [0.25, 0.3) is 0 Å². The molecule has 0 aliphatic heterocycles. The number of methoxy groups -OCH3 is 1. The summed E-state index contributed by atoms with van der Waals surface area (Å²) in [5, 5.41) is 12.7. The minimum Gasteiger partial charge on any atom is -0.394 e. The van der Waals surface area contributed by atoms with E-state index < -0.39 is 0 Å². The minimum absolute atomic E-state index is 0.0405. The second-order valence-electron chi connectivity index (χ2n) is 7.88. The second kappa shape index (κ2) is 14.8. The van der Waals surface area contributed by atoms with E-state index in [4.69, 9.17) is 17.0 Å². The van der Waals surface area contributed by atoms with E-state index in [9.17, 15) is 5.11 Å². The lowest BCUT2D eigenvalue weighted by Crippen LogP contribution is -2.41. The molecule has 0 amide bonds. The van der Waals surface area contributed by atoms with E-state index in [1.165, 1.54) is 5.57 Å². The highest BCUT2D eigenvalue weighted by Crippen LogP contribution is 2.15. The molecule has 3 nitrogen and oxygen atoms in total. The molecule has 0 aromatic carbocycles. The van der Waals surface area contributed by atoms with Crippen molar-refractivity contribution in [3.8, 4) is 0 Å². The van der Waals surface area contributed by atoms with Gasteiger partial charge in [0.05, 0.1) is 23.7 Å². The summed E-state index contributed by atoms with van der Waals surface area (Å²) in [6.45, 7) is 12.2. The van der Waals surface area contributed by atoms with Crippen molar-refractivity contribution in [1.82, 2.24) is 5.32 Å². The molecule has 0 aromatic heterocycles. The first-order valence-corrected chi connectivity index (χ1v) is 10.2. The largest absolute Gasteiger partial charge is 0.394 e. The van der Waals surface area contributed by atoms with Crippen molar-refractivity contribution in [3.05, 3.63) is 48.6 Å². The van der Waals surface area contributed by atoms with Gasteiger partial charge in [-0.25, -0.2) is 0 Å². The molecule has 2 atom stereocenters. The van der Waals surface area contributed by atoms with Crippen molar-refractivity contribution < 1.29 is 9.84 Å². The van der Waals surface area contributed by atoms with Crippen molar-refractivity contribution in [2.75, 3.05) is 13.7 Å². The Balaban J connectivity index is 4.18. The van der Waals surface area contributed by atoms with Gasteiger partial charge in [-0.2, -0.15) is 0 Å². The zero-order valence-electron chi connectivity index (χ0n) is 17.8. The molecule has 0 rings (SSSR count). The van der Waals surface area contributed by atoms with Crippen LogP contribution in [0, 0.1) is 5.41 Å². The lowest BCUT2D eigenvalue weighted by atomic mass is 9.96. The number of thiocarbonyl (C=S) groups is 1. The first-order valence-electron chi connectivity index (χ1n) is 9.79. The molecule has 0 aliphatic rings. The zero-order chi connectivity index (χ0) is 20.7. The summed E-state index contributed by atoms with van der Waals surface area (Å²) >= 11 is 5.37. The van der Waals surface area contributed by atoms with Crippen LogP contribution in [0.2, 0.25) is 0 Å². The number of hydrogen-bond acceptors (Lipinski definition) is 3. The van der Waals surface area contributed by atoms with Gasteiger partial charge in [0.25, 0.3) is 0 Å².